The molecule has 1 saturated heterocycles. The number of hydrogen-bond acceptors (Lipinski definition) is 3. The summed E-state index contributed by atoms with van der Waals surface area (Å²) in [6.07, 6.45) is 4.44. The molecule has 1 fully saturated rings. The number of aliphatic hydroxyl groups is 1. The number of halogens is 2. The molecule has 2 rings (SSSR count). The van der Waals surface area contributed by atoms with E-state index in [9.17, 15) is 9.90 Å². The van der Waals surface area contributed by atoms with Gasteiger partial charge in [0.15, 0.2) is 0 Å². The van der Waals surface area contributed by atoms with Crippen LogP contribution in [0.5, 0.6) is 0 Å². The van der Waals surface area contributed by atoms with Crippen LogP contribution in [0.15, 0.2) is 24.3 Å². The van der Waals surface area contributed by atoms with Gasteiger partial charge in [0.05, 0.1) is 5.60 Å². The van der Waals surface area contributed by atoms with Gasteiger partial charge in [0.25, 0.3) is 0 Å². The molecule has 114 valence electrons. The van der Waals surface area contributed by atoms with Gasteiger partial charge in [-0.3, -0.25) is 4.79 Å². The third-order valence-electron chi connectivity index (χ3n) is 3.39. The largest absolute Gasteiger partial charge is 0.388 e. The second-order valence-electron chi connectivity index (χ2n) is 5.05. The molecule has 0 bridgehead atoms. The molecule has 3 nitrogen and oxygen atoms in total. The maximum absolute atomic E-state index is 11.8. The van der Waals surface area contributed by atoms with Crippen LogP contribution in [0, 0.1) is 0 Å². The van der Waals surface area contributed by atoms with Crippen LogP contribution in [0.1, 0.15) is 18.4 Å². The minimum atomic E-state index is -0.775. The molecule has 1 heterocycles. The van der Waals surface area contributed by atoms with E-state index in [1.165, 1.54) is 6.08 Å². The highest BCUT2D eigenvalue weighted by molar-refractivity contribution is 7.99. The molecular weight excluding hydrogens is 329 g/mol. The molecule has 1 aliphatic heterocycles. The van der Waals surface area contributed by atoms with Crippen molar-refractivity contribution in [1.29, 1.82) is 0 Å². The van der Waals surface area contributed by atoms with Gasteiger partial charge in [0.2, 0.25) is 5.91 Å². The number of carbonyl (C=O) groups excluding carboxylic acids is 1. The number of thioether (sulfide) groups is 1. The summed E-state index contributed by atoms with van der Waals surface area (Å²) in [4.78, 5) is 11.8. The van der Waals surface area contributed by atoms with E-state index in [0.717, 1.165) is 11.5 Å². The quantitative estimate of drug-likeness (QED) is 0.822. The SMILES string of the molecule is O=C(C=Cc1cc(Cl)ccc1Cl)NCC1(O)CCSCC1. The summed E-state index contributed by atoms with van der Waals surface area (Å²) < 4.78 is 0. The third-order valence-corrected chi connectivity index (χ3v) is 4.95. The van der Waals surface area contributed by atoms with Gasteiger partial charge < -0.3 is 10.4 Å². The summed E-state index contributed by atoms with van der Waals surface area (Å²) in [5, 5.41) is 14.1. The van der Waals surface area contributed by atoms with Gasteiger partial charge in [-0.15, -0.1) is 0 Å². The van der Waals surface area contributed by atoms with Crippen molar-refractivity contribution < 1.29 is 9.90 Å². The van der Waals surface area contributed by atoms with Crippen LogP contribution in [0.3, 0.4) is 0 Å². The lowest BCUT2D eigenvalue weighted by molar-refractivity contribution is -0.117. The first-order valence-electron chi connectivity index (χ1n) is 6.70. The summed E-state index contributed by atoms with van der Waals surface area (Å²) in [6.45, 7) is 0.278. The number of hydrogen-bond donors (Lipinski definition) is 2. The van der Waals surface area contributed by atoms with Crippen molar-refractivity contribution in [3.05, 3.63) is 39.9 Å². The van der Waals surface area contributed by atoms with Crippen molar-refractivity contribution in [1.82, 2.24) is 5.32 Å². The van der Waals surface area contributed by atoms with Crippen molar-refractivity contribution >= 4 is 46.9 Å². The molecule has 0 spiro atoms. The molecule has 0 aromatic heterocycles. The first-order chi connectivity index (χ1) is 9.98. The molecule has 1 aromatic rings. The Bertz CT molecular complexity index is 542. The molecule has 2 N–H and O–H groups in total. The Morgan fingerprint density at radius 2 is 2.10 bits per heavy atom. The van der Waals surface area contributed by atoms with Crippen molar-refractivity contribution in [2.45, 2.75) is 18.4 Å². The van der Waals surface area contributed by atoms with E-state index in [-0.39, 0.29) is 12.5 Å². The normalized spacial score (nSPS) is 17.9. The van der Waals surface area contributed by atoms with Crippen molar-refractivity contribution in [3.63, 3.8) is 0 Å². The molecule has 6 heteroatoms. The van der Waals surface area contributed by atoms with Gasteiger partial charge >= 0.3 is 0 Å². The Balaban J connectivity index is 1.89. The van der Waals surface area contributed by atoms with Gasteiger partial charge in [-0.05, 0) is 54.2 Å². The van der Waals surface area contributed by atoms with Gasteiger partial charge in [-0.2, -0.15) is 11.8 Å². The fourth-order valence-electron chi connectivity index (χ4n) is 2.05. The highest BCUT2D eigenvalue weighted by Gasteiger charge is 2.29. The molecule has 0 radical (unpaired) electrons. The smallest absolute Gasteiger partial charge is 0.244 e. The highest BCUT2D eigenvalue weighted by Crippen LogP contribution is 2.26. The maximum Gasteiger partial charge on any atom is 0.244 e. The standard InChI is InChI=1S/C15H17Cl2NO2S/c16-12-2-3-13(17)11(9-12)1-4-14(19)18-10-15(20)5-7-21-8-6-15/h1-4,9,20H,5-8,10H2,(H,18,19). The molecule has 1 aromatic carbocycles. The van der Waals surface area contributed by atoms with E-state index in [1.807, 2.05) is 11.8 Å². The van der Waals surface area contributed by atoms with Gasteiger partial charge in [0.1, 0.15) is 0 Å². The number of benzene rings is 1. The summed E-state index contributed by atoms with van der Waals surface area (Å²) in [5.74, 6) is 1.61. The lowest BCUT2D eigenvalue weighted by Gasteiger charge is -2.31. The average molecular weight is 346 g/mol. The fraction of sp³-hybridized carbons (Fsp3) is 0.400. The number of nitrogens with one attached hydrogen (secondary N) is 1. The topological polar surface area (TPSA) is 49.3 Å². The Labute approximate surface area is 138 Å². The highest BCUT2D eigenvalue weighted by atomic mass is 35.5. The average Bonchev–Trinajstić information content (AvgIpc) is 2.47. The molecule has 1 aliphatic rings. The van der Waals surface area contributed by atoms with Gasteiger partial charge in [-0.25, -0.2) is 0 Å². The van der Waals surface area contributed by atoms with E-state index < -0.39 is 5.60 Å². The Morgan fingerprint density at radius 1 is 1.38 bits per heavy atom. The monoisotopic (exact) mass is 345 g/mol. The van der Waals surface area contributed by atoms with Crippen LogP contribution in [0.25, 0.3) is 6.08 Å². The maximum atomic E-state index is 11.8. The zero-order valence-electron chi connectivity index (χ0n) is 11.4. The predicted molar refractivity (Wildman–Crippen MR) is 90.0 cm³/mol. The predicted octanol–water partition coefficient (Wildman–Crippen LogP) is 3.38. The van der Waals surface area contributed by atoms with E-state index in [4.69, 9.17) is 23.2 Å². The minimum absolute atomic E-state index is 0.252. The van der Waals surface area contributed by atoms with Crippen LogP contribution < -0.4 is 5.32 Å². The van der Waals surface area contributed by atoms with Crippen molar-refractivity contribution in [2.24, 2.45) is 0 Å². The minimum Gasteiger partial charge on any atom is -0.388 e. The molecule has 0 aliphatic carbocycles. The van der Waals surface area contributed by atoms with Crippen LogP contribution in [0.4, 0.5) is 0 Å². The molecule has 0 unspecified atom stereocenters. The summed E-state index contributed by atoms with van der Waals surface area (Å²) >= 11 is 13.7. The second-order valence-corrected chi connectivity index (χ2v) is 7.12. The number of carbonyl (C=O) groups is 1. The third kappa shape index (κ3) is 5.22. The zero-order valence-corrected chi connectivity index (χ0v) is 13.8. The Kier molecular flexibility index (Phi) is 5.99. The van der Waals surface area contributed by atoms with Crippen molar-refractivity contribution in [3.8, 4) is 0 Å². The van der Waals surface area contributed by atoms with Crippen LogP contribution in [-0.4, -0.2) is 34.7 Å². The zero-order chi connectivity index (χ0) is 15.3. The van der Waals surface area contributed by atoms with Gasteiger partial charge in [0, 0.05) is 22.7 Å². The molecular formula is C15H17Cl2NO2S. The van der Waals surface area contributed by atoms with E-state index in [1.54, 1.807) is 24.3 Å². The van der Waals surface area contributed by atoms with E-state index in [0.29, 0.717) is 28.5 Å². The first-order valence-corrected chi connectivity index (χ1v) is 8.61. The number of rotatable bonds is 4. The van der Waals surface area contributed by atoms with Crippen LogP contribution in [0.2, 0.25) is 10.0 Å². The molecule has 0 saturated carbocycles. The second kappa shape index (κ2) is 7.54. The van der Waals surface area contributed by atoms with E-state index in [2.05, 4.69) is 5.32 Å². The van der Waals surface area contributed by atoms with Crippen LogP contribution >= 0.6 is 35.0 Å². The van der Waals surface area contributed by atoms with Gasteiger partial charge in [-0.1, -0.05) is 23.2 Å². The molecule has 1 amide bonds. The first kappa shape index (κ1) is 16.7. The summed E-state index contributed by atoms with van der Waals surface area (Å²) in [5.41, 5.74) is -0.0882. The number of amides is 1. The Hall–Kier alpha value is -0.680. The van der Waals surface area contributed by atoms with Crippen LogP contribution in [-0.2, 0) is 4.79 Å². The molecule has 21 heavy (non-hydrogen) atoms. The van der Waals surface area contributed by atoms with E-state index >= 15 is 0 Å². The molecule has 0 atom stereocenters. The lowest BCUT2D eigenvalue weighted by Crippen LogP contribution is -2.44. The van der Waals surface area contributed by atoms with Crippen molar-refractivity contribution in [2.75, 3.05) is 18.1 Å². The summed E-state index contributed by atoms with van der Waals surface area (Å²) in [7, 11) is 0. The Morgan fingerprint density at radius 3 is 2.81 bits per heavy atom. The summed E-state index contributed by atoms with van der Waals surface area (Å²) in [6, 6.07) is 5.07. The fourth-order valence-corrected chi connectivity index (χ4v) is 3.66. The lowest BCUT2D eigenvalue weighted by atomic mass is 9.97.